The highest BCUT2D eigenvalue weighted by atomic mass is 35.5. The number of rotatable bonds is 11. The number of halogens is 1. The summed E-state index contributed by atoms with van der Waals surface area (Å²) in [6, 6.07) is 8.78. The number of nitrogens with zero attached hydrogens (tertiary/aromatic N) is 1. The van der Waals surface area contributed by atoms with E-state index in [2.05, 4.69) is 0 Å². The number of benzene rings is 1. The van der Waals surface area contributed by atoms with Gasteiger partial charge in [0.2, 0.25) is 0 Å². The lowest BCUT2D eigenvalue weighted by Crippen LogP contribution is -2.47. The van der Waals surface area contributed by atoms with E-state index in [1.165, 1.54) is 4.90 Å². The van der Waals surface area contributed by atoms with Crippen molar-refractivity contribution in [3.63, 3.8) is 0 Å². The van der Waals surface area contributed by atoms with Gasteiger partial charge in [-0.25, -0.2) is 9.59 Å². The van der Waals surface area contributed by atoms with Gasteiger partial charge in [-0.05, 0) is 37.3 Å². The van der Waals surface area contributed by atoms with E-state index in [0.717, 1.165) is 11.3 Å². The predicted molar refractivity (Wildman–Crippen MR) is 102 cm³/mol. The minimum atomic E-state index is -0.654. The highest BCUT2D eigenvalue weighted by molar-refractivity contribution is 7.98. The Labute approximate surface area is 159 Å². The van der Waals surface area contributed by atoms with Crippen LogP contribution in [0.3, 0.4) is 0 Å². The first kappa shape index (κ1) is 21.6. The Morgan fingerprint density at radius 3 is 2.56 bits per heavy atom. The molecule has 0 unspecified atom stereocenters. The average molecular weight is 388 g/mol. The number of alkyl halides is 1. The van der Waals surface area contributed by atoms with Crippen LogP contribution in [0.1, 0.15) is 25.3 Å². The Morgan fingerprint density at radius 1 is 1.24 bits per heavy atom. The largest absolute Gasteiger partial charge is 0.464 e. The Bertz CT molecular complexity index is 515. The van der Waals surface area contributed by atoms with Crippen LogP contribution in [0.15, 0.2) is 30.3 Å². The van der Waals surface area contributed by atoms with E-state index < -0.39 is 18.1 Å². The quantitative estimate of drug-likeness (QED) is 0.425. The lowest BCUT2D eigenvalue weighted by atomic mass is 10.2. The van der Waals surface area contributed by atoms with E-state index >= 15 is 0 Å². The van der Waals surface area contributed by atoms with Crippen molar-refractivity contribution in [2.24, 2.45) is 0 Å². The molecule has 0 radical (unpaired) electrons. The summed E-state index contributed by atoms with van der Waals surface area (Å²) in [6.45, 7) is 2.54. The number of esters is 1. The predicted octanol–water partition coefficient (Wildman–Crippen LogP) is 3.94. The second-order valence-corrected chi connectivity index (χ2v) is 6.69. The maximum atomic E-state index is 12.6. The summed E-state index contributed by atoms with van der Waals surface area (Å²) in [5.74, 6) is 0.746. The van der Waals surface area contributed by atoms with Gasteiger partial charge in [0, 0.05) is 12.4 Å². The van der Waals surface area contributed by atoms with Crippen molar-refractivity contribution < 1.29 is 19.1 Å². The highest BCUT2D eigenvalue weighted by Crippen LogP contribution is 2.14. The lowest BCUT2D eigenvalue weighted by Gasteiger charge is -2.29. The van der Waals surface area contributed by atoms with Crippen molar-refractivity contribution in [3.8, 4) is 0 Å². The van der Waals surface area contributed by atoms with Crippen LogP contribution in [0.25, 0.3) is 0 Å². The van der Waals surface area contributed by atoms with Crippen LogP contribution in [0, 0.1) is 0 Å². The van der Waals surface area contributed by atoms with Gasteiger partial charge in [0.25, 0.3) is 0 Å². The van der Waals surface area contributed by atoms with Gasteiger partial charge in [0.15, 0.2) is 0 Å². The summed E-state index contributed by atoms with van der Waals surface area (Å²) < 4.78 is 10.6. The number of hydrogen-bond acceptors (Lipinski definition) is 5. The molecule has 1 aromatic carbocycles. The van der Waals surface area contributed by atoms with E-state index in [9.17, 15) is 9.59 Å². The van der Waals surface area contributed by atoms with Crippen LogP contribution in [0.4, 0.5) is 4.79 Å². The standard InChI is InChI=1S/C18H26ClNO4S/c1-3-23-17(21)16(10-13-25-2)20(12-7-11-19)18(22)24-14-15-8-5-4-6-9-15/h4-6,8-9,16H,3,7,10-14H2,1-2H3/t16-/m0/s1. The molecule has 0 N–H and O–H groups in total. The Kier molecular flexibility index (Phi) is 11.2. The third-order valence-electron chi connectivity index (χ3n) is 3.50. The van der Waals surface area contributed by atoms with Crippen molar-refractivity contribution in [2.75, 3.05) is 31.0 Å². The van der Waals surface area contributed by atoms with Crippen LogP contribution in [-0.2, 0) is 20.9 Å². The molecule has 1 rings (SSSR count). The first-order valence-corrected chi connectivity index (χ1v) is 10.3. The molecule has 5 nitrogen and oxygen atoms in total. The normalized spacial score (nSPS) is 11.6. The minimum Gasteiger partial charge on any atom is -0.464 e. The summed E-state index contributed by atoms with van der Waals surface area (Å²) in [7, 11) is 0. The number of thioether (sulfide) groups is 1. The van der Waals surface area contributed by atoms with Crippen LogP contribution >= 0.6 is 23.4 Å². The second-order valence-electron chi connectivity index (χ2n) is 5.33. The maximum absolute atomic E-state index is 12.6. The summed E-state index contributed by atoms with van der Waals surface area (Å²) in [5, 5.41) is 0. The first-order chi connectivity index (χ1) is 12.1. The van der Waals surface area contributed by atoms with Gasteiger partial charge in [0.1, 0.15) is 12.6 Å². The Balaban J connectivity index is 2.81. The molecular formula is C18H26ClNO4S. The van der Waals surface area contributed by atoms with E-state index in [1.54, 1.807) is 18.7 Å². The molecule has 0 aliphatic rings. The zero-order valence-electron chi connectivity index (χ0n) is 14.8. The van der Waals surface area contributed by atoms with Crippen LogP contribution in [-0.4, -0.2) is 54.0 Å². The number of hydrogen-bond donors (Lipinski definition) is 0. The van der Waals surface area contributed by atoms with Crippen molar-refractivity contribution in [2.45, 2.75) is 32.4 Å². The number of amides is 1. The molecule has 7 heteroatoms. The molecule has 0 spiro atoms. The van der Waals surface area contributed by atoms with Crippen LogP contribution in [0.5, 0.6) is 0 Å². The molecule has 1 aromatic rings. The van der Waals surface area contributed by atoms with Gasteiger partial charge < -0.3 is 9.47 Å². The Morgan fingerprint density at radius 2 is 1.96 bits per heavy atom. The number of ether oxygens (including phenoxy) is 2. The molecule has 0 fully saturated rings. The smallest absolute Gasteiger partial charge is 0.410 e. The third-order valence-corrected chi connectivity index (χ3v) is 4.41. The first-order valence-electron chi connectivity index (χ1n) is 8.32. The maximum Gasteiger partial charge on any atom is 0.410 e. The highest BCUT2D eigenvalue weighted by Gasteiger charge is 2.31. The van der Waals surface area contributed by atoms with Crippen molar-refractivity contribution in [3.05, 3.63) is 35.9 Å². The van der Waals surface area contributed by atoms with Crippen molar-refractivity contribution >= 4 is 35.4 Å². The van der Waals surface area contributed by atoms with Crippen LogP contribution in [0.2, 0.25) is 0 Å². The number of carbonyl (C=O) groups excluding carboxylic acids is 2. The monoisotopic (exact) mass is 387 g/mol. The van der Waals surface area contributed by atoms with Gasteiger partial charge >= 0.3 is 12.1 Å². The van der Waals surface area contributed by atoms with Gasteiger partial charge in [-0.1, -0.05) is 30.3 Å². The molecule has 0 aliphatic heterocycles. The molecule has 1 atom stereocenters. The average Bonchev–Trinajstić information content (AvgIpc) is 2.63. The number of carbonyl (C=O) groups is 2. The molecule has 0 saturated heterocycles. The molecule has 0 saturated carbocycles. The SMILES string of the molecule is CCOC(=O)[C@H](CCSC)N(CCCCl)C(=O)OCc1ccccc1. The lowest BCUT2D eigenvalue weighted by molar-refractivity contribution is -0.149. The van der Waals surface area contributed by atoms with E-state index in [4.69, 9.17) is 21.1 Å². The fourth-order valence-corrected chi connectivity index (χ4v) is 2.85. The molecule has 0 aliphatic carbocycles. The van der Waals surface area contributed by atoms with Gasteiger partial charge in [-0.2, -0.15) is 11.8 Å². The van der Waals surface area contributed by atoms with Gasteiger partial charge in [-0.15, -0.1) is 11.6 Å². The Hall–Kier alpha value is -1.40. The summed E-state index contributed by atoms with van der Waals surface area (Å²) in [5.41, 5.74) is 0.893. The molecule has 140 valence electrons. The second kappa shape index (κ2) is 12.9. The van der Waals surface area contributed by atoms with Gasteiger partial charge in [0.05, 0.1) is 6.61 Å². The molecule has 0 aromatic heterocycles. The summed E-state index contributed by atoms with van der Waals surface area (Å²) in [6.07, 6.45) is 2.53. The van der Waals surface area contributed by atoms with E-state index in [0.29, 0.717) is 25.3 Å². The molecular weight excluding hydrogens is 362 g/mol. The summed E-state index contributed by atoms with van der Waals surface area (Å²) >= 11 is 7.39. The third kappa shape index (κ3) is 8.01. The molecule has 1 amide bonds. The topological polar surface area (TPSA) is 55.8 Å². The fraction of sp³-hybridized carbons (Fsp3) is 0.556. The zero-order valence-corrected chi connectivity index (χ0v) is 16.4. The fourth-order valence-electron chi connectivity index (χ4n) is 2.28. The van der Waals surface area contributed by atoms with Crippen molar-refractivity contribution in [1.82, 2.24) is 4.90 Å². The zero-order chi connectivity index (χ0) is 18.5. The summed E-state index contributed by atoms with van der Waals surface area (Å²) in [4.78, 5) is 26.3. The molecule has 0 heterocycles. The van der Waals surface area contributed by atoms with Crippen molar-refractivity contribution in [1.29, 1.82) is 0 Å². The van der Waals surface area contributed by atoms with Crippen LogP contribution < -0.4 is 0 Å². The molecule has 25 heavy (non-hydrogen) atoms. The van der Waals surface area contributed by atoms with E-state index in [-0.39, 0.29) is 13.2 Å². The molecule has 0 bridgehead atoms. The van der Waals surface area contributed by atoms with E-state index in [1.807, 2.05) is 36.6 Å². The van der Waals surface area contributed by atoms with Gasteiger partial charge in [-0.3, -0.25) is 4.90 Å². The minimum absolute atomic E-state index is 0.162.